The third kappa shape index (κ3) is 3.38. The van der Waals surface area contributed by atoms with Gasteiger partial charge in [0.1, 0.15) is 0 Å². The van der Waals surface area contributed by atoms with Crippen LogP contribution in [-0.2, 0) is 6.54 Å². The molecule has 0 spiro atoms. The van der Waals surface area contributed by atoms with Crippen molar-refractivity contribution in [1.82, 2.24) is 4.90 Å². The van der Waals surface area contributed by atoms with Gasteiger partial charge in [-0.3, -0.25) is 4.79 Å². The summed E-state index contributed by atoms with van der Waals surface area (Å²) in [6.07, 6.45) is 5.43. The third-order valence-electron chi connectivity index (χ3n) is 3.76. The van der Waals surface area contributed by atoms with Gasteiger partial charge in [0.15, 0.2) is 5.78 Å². The molecule has 1 atom stereocenters. The van der Waals surface area contributed by atoms with Gasteiger partial charge in [0.05, 0.1) is 12.0 Å². The molecule has 1 heterocycles. The zero-order chi connectivity index (χ0) is 16.1. The first-order chi connectivity index (χ1) is 11.3. The molecule has 1 aliphatic heterocycles. The number of ketones is 1. The van der Waals surface area contributed by atoms with E-state index in [4.69, 9.17) is 0 Å². The van der Waals surface area contributed by atoms with Gasteiger partial charge < -0.3 is 4.90 Å². The number of nitrogens with zero attached hydrogens (tertiary/aromatic N) is 2. The first-order valence-corrected chi connectivity index (χ1v) is 7.47. The molecule has 0 aliphatic carbocycles. The summed E-state index contributed by atoms with van der Waals surface area (Å²) in [5.41, 5.74) is 2.27. The number of carbonyl (C=O) groups is 1. The summed E-state index contributed by atoms with van der Waals surface area (Å²) >= 11 is 0. The molecule has 112 valence electrons. The third-order valence-corrected chi connectivity index (χ3v) is 3.76. The largest absolute Gasteiger partial charge is 0.350 e. The normalized spacial score (nSPS) is 16.6. The van der Waals surface area contributed by atoms with Crippen molar-refractivity contribution in [3.05, 3.63) is 95.8 Å². The number of Topliss-reactive ketones (excluding diaryl/α,β-unsaturated/α-hetero) is 1. The second-order valence-electron chi connectivity index (χ2n) is 5.39. The van der Waals surface area contributed by atoms with Gasteiger partial charge in [-0.2, -0.15) is 5.26 Å². The maximum absolute atomic E-state index is 12.7. The Morgan fingerprint density at radius 1 is 1.04 bits per heavy atom. The van der Waals surface area contributed by atoms with Gasteiger partial charge in [-0.15, -0.1) is 0 Å². The fourth-order valence-corrected chi connectivity index (χ4v) is 2.56. The Bertz CT molecular complexity index is 785. The highest BCUT2D eigenvalue weighted by Gasteiger charge is 2.23. The van der Waals surface area contributed by atoms with E-state index in [2.05, 4.69) is 6.07 Å². The van der Waals surface area contributed by atoms with Crippen molar-refractivity contribution in [2.75, 3.05) is 0 Å². The molecule has 0 N–H and O–H groups in total. The first-order valence-electron chi connectivity index (χ1n) is 7.47. The van der Waals surface area contributed by atoms with E-state index in [1.165, 1.54) is 0 Å². The minimum absolute atomic E-state index is 0.0976. The molecule has 23 heavy (non-hydrogen) atoms. The predicted octanol–water partition coefficient (Wildman–Crippen LogP) is 3.92. The number of benzene rings is 2. The smallest absolute Gasteiger partial charge is 0.192 e. The molecule has 0 fully saturated rings. The molecular formula is C20H16N2O. The lowest BCUT2D eigenvalue weighted by molar-refractivity contribution is 0.102. The monoisotopic (exact) mass is 300 g/mol. The molecule has 0 unspecified atom stereocenters. The van der Waals surface area contributed by atoms with Crippen LogP contribution >= 0.6 is 0 Å². The Morgan fingerprint density at radius 3 is 2.35 bits per heavy atom. The van der Waals surface area contributed by atoms with Crippen molar-refractivity contribution in [2.45, 2.75) is 6.54 Å². The standard InChI is InChI=1S/C20H16N2O/c21-13-18-11-12-22(14-16-7-3-1-4-8-16)15-19(18)20(23)17-9-5-2-6-10-17/h1-12,15,18H,14H2/t18-/m0/s1. The van der Waals surface area contributed by atoms with Crippen LogP contribution in [-0.4, -0.2) is 10.7 Å². The Balaban J connectivity index is 1.86. The molecule has 2 aromatic carbocycles. The van der Waals surface area contributed by atoms with Gasteiger partial charge in [0, 0.05) is 30.1 Å². The number of carbonyl (C=O) groups excluding carboxylic acids is 1. The molecule has 0 saturated heterocycles. The van der Waals surface area contributed by atoms with Crippen LogP contribution in [0, 0.1) is 17.2 Å². The van der Waals surface area contributed by atoms with Crippen molar-refractivity contribution < 1.29 is 4.79 Å². The van der Waals surface area contributed by atoms with Crippen LogP contribution in [0.2, 0.25) is 0 Å². The minimum Gasteiger partial charge on any atom is -0.350 e. The summed E-state index contributed by atoms with van der Waals surface area (Å²) < 4.78 is 0. The second kappa shape index (κ2) is 6.76. The van der Waals surface area contributed by atoms with Crippen LogP contribution in [0.3, 0.4) is 0 Å². The lowest BCUT2D eigenvalue weighted by atomic mass is 9.91. The molecule has 2 aromatic rings. The van der Waals surface area contributed by atoms with E-state index in [1.54, 1.807) is 24.4 Å². The summed E-state index contributed by atoms with van der Waals surface area (Å²) in [4.78, 5) is 14.6. The topological polar surface area (TPSA) is 44.1 Å². The van der Waals surface area contributed by atoms with Crippen LogP contribution in [0.5, 0.6) is 0 Å². The summed E-state index contributed by atoms with van der Waals surface area (Å²) in [5.74, 6) is -0.603. The molecule has 0 aromatic heterocycles. The number of hydrogen-bond donors (Lipinski definition) is 0. The van der Waals surface area contributed by atoms with Crippen LogP contribution in [0.25, 0.3) is 0 Å². The highest BCUT2D eigenvalue weighted by molar-refractivity contribution is 6.09. The van der Waals surface area contributed by atoms with Gasteiger partial charge in [-0.1, -0.05) is 60.7 Å². The van der Waals surface area contributed by atoms with E-state index in [0.717, 1.165) is 5.56 Å². The van der Waals surface area contributed by atoms with Crippen molar-refractivity contribution in [2.24, 2.45) is 5.92 Å². The van der Waals surface area contributed by atoms with Crippen molar-refractivity contribution >= 4 is 5.78 Å². The van der Waals surface area contributed by atoms with Crippen LogP contribution in [0.1, 0.15) is 15.9 Å². The minimum atomic E-state index is -0.505. The summed E-state index contributed by atoms with van der Waals surface area (Å²) in [6.45, 7) is 0.668. The average molecular weight is 300 g/mol. The van der Waals surface area contributed by atoms with Gasteiger partial charge in [-0.25, -0.2) is 0 Å². The first kappa shape index (κ1) is 14.8. The maximum Gasteiger partial charge on any atom is 0.192 e. The average Bonchev–Trinajstić information content (AvgIpc) is 2.62. The quantitative estimate of drug-likeness (QED) is 0.804. The molecule has 3 rings (SSSR count). The maximum atomic E-state index is 12.7. The number of nitriles is 1. The molecule has 0 bridgehead atoms. The molecular weight excluding hydrogens is 284 g/mol. The Hall–Kier alpha value is -3.12. The zero-order valence-electron chi connectivity index (χ0n) is 12.6. The van der Waals surface area contributed by atoms with Crippen LogP contribution in [0.15, 0.2) is 84.7 Å². The van der Waals surface area contributed by atoms with Gasteiger partial charge in [0.2, 0.25) is 0 Å². The van der Waals surface area contributed by atoms with Crippen molar-refractivity contribution in [3.63, 3.8) is 0 Å². The molecule has 3 heteroatoms. The highest BCUT2D eigenvalue weighted by Crippen LogP contribution is 2.24. The van der Waals surface area contributed by atoms with Crippen LogP contribution in [0.4, 0.5) is 0 Å². The molecule has 0 saturated carbocycles. The molecule has 0 radical (unpaired) electrons. The summed E-state index contributed by atoms with van der Waals surface area (Å²) in [7, 11) is 0. The molecule has 0 amide bonds. The van der Waals surface area contributed by atoms with Crippen molar-refractivity contribution in [1.29, 1.82) is 5.26 Å². The summed E-state index contributed by atoms with van der Waals surface area (Å²) in [6, 6.07) is 21.3. The zero-order valence-corrected chi connectivity index (χ0v) is 12.6. The SMILES string of the molecule is N#C[C@@H]1C=CN(Cc2ccccc2)C=C1C(=O)c1ccccc1. The van der Waals surface area contributed by atoms with E-state index in [1.807, 2.05) is 59.6 Å². The predicted molar refractivity (Wildman–Crippen MR) is 89.1 cm³/mol. The fraction of sp³-hybridized carbons (Fsp3) is 0.100. The second-order valence-corrected chi connectivity index (χ2v) is 5.39. The number of rotatable bonds is 4. The van der Waals surface area contributed by atoms with Gasteiger partial charge in [0.25, 0.3) is 0 Å². The van der Waals surface area contributed by atoms with E-state index in [0.29, 0.717) is 17.7 Å². The molecule has 1 aliphatic rings. The fourth-order valence-electron chi connectivity index (χ4n) is 2.56. The van der Waals surface area contributed by atoms with E-state index < -0.39 is 5.92 Å². The summed E-state index contributed by atoms with van der Waals surface area (Å²) in [5, 5.41) is 9.32. The van der Waals surface area contributed by atoms with Gasteiger partial charge in [-0.05, 0) is 11.6 Å². The van der Waals surface area contributed by atoms with Crippen molar-refractivity contribution in [3.8, 4) is 6.07 Å². The Labute approximate surface area is 135 Å². The Morgan fingerprint density at radius 2 is 1.70 bits per heavy atom. The van der Waals surface area contributed by atoms with Gasteiger partial charge >= 0.3 is 0 Å². The highest BCUT2D eigenvalue weighted by atomic mass is 16.1. The number of hydrogen-bond acceptors (Lipinski definition) is 3. The van der Waals surface area contributed by atoms with E-state index in [-0.39, 0.29) is 5.78 Å². The Kier molecular flexibility index (Phi) is 4.35. The van der Waals surface area contributed by atoms with Crippen LogP contribution < -0.4 is 0 Å². The lowest BCUT2D eigenvalue weighted by Gasteiger charge is -2.23. The number of allylic oxidation sites excluding steroid dienone is 2. The lowest BCUT2D eigenvalue weighted by Crippen LogP contribution is -2.21. The van der Waals surface area contributed by atoms with E-state index >= 15 is 0 Å². The van der Waals surface area contributed by atoms with E-state index in [9.17, 15) is 10.1 Å². The molecule has 3 nitrogen and oxygen atoms in total.